The molecule has 188 valence electrons. The van der Waals surface area contributed by atoms with Crippen LogP contribution in [0.2, 0.25) is 0 Å². The smallest absolute Gasteiger partial charge is 0.251 e. The number of nitrogens with one attached hydrogen (secondary N) is 3. The van der Waals surface area contributed by atoms with Crippen molar-refractivity contribution in [1.82, 2.24) is 15.3 Å². The van der Waals surface area contributed by atoms with E-state index in [0.29, 0.717) is 17.4 Å². The van der Waals surface area contributed by atoms with Crippen molar-refractivity contribution in [2.75, 3.05) is 5.32 Å². The summed E-state index contributed by atoms with van der Waals surface area (Å²) in [6.07, 6.45) is 10.7. The van der Waals surface area contributed by atoms with Crippen molar-refractivity contribution in [2.24, 2.45) is 23.7 Å². The molecular weight excluding hydrogens is 448 g/mol. The molecule has 3 unspecified atom stereocenters. The number of aromatic amines is 1. The Labute approximate surface area is 212 Å². The Morgan fingerprint density at radius 2 is 1.72 bits per heavy atom. The minimum absolute atomic E-state index is 0.00326. The fourth-order valence-corrected chi connectivity index (χ4v) is 6.72. The first-order valence-electron chi connectivity index (χ1n) is 13.8. The fraction of sp³-hybridized carbons (Fsp3) is 0.500. The lowest BCUT2D eigenvalue weighted by Crippen LogP contribution is -2.41. The molecule has 0 saturated heterocycles. The number of H-pyrrole nitrogens is 1. The molecule has 2 bridgehead atoms. The van der Waals surface area contributed by atoms with Gasteiger partial charge in [-0.3, -0.25) is 9.59 Å². The van der Waals surface area contributed by atoms with Crippen molar-refractivity contribution < 1.29 is 9.59 Å². The Bertz CT molecular complexity index is 1260. The number of amides is 2. The van der Waals surface area contributed by atoms with Crippen molar-refractivity contribution in [3.63, 3.8) is 0 Å². The Morgan fingerprint density at radius 1 is 0.944 bits per heavy atom. The Kier molecular flexibility index (Phi) is 6.28. The van der Waals surface area contributed by atoms with E-state index in [1.165, 1.54) is 44.9 Å². The van der Waals surface area contributed by atoms with Gasteiger partial charge in [0.15, 0.2) is 0 Å². The maximum Gasteiger partial charge on any atom is 0.251 e. The number of carbonyl (C=O) groups is 2. The summed E-state index contributed by atoms with van der Waals surface area (Å²) in [6, 6.07) is 13.7. The molecule has 3 atom stereocenters. The topological polar surface area (TPSA) is 86.9 Å². The largest absolute Gasteiger partial charge is 0.349 e. The number of aromatic nitrogens is 2. The summed E-state index contributed by atoms with van der Waals surface area (Å²) < 4.78 is 0. The van der Waals surface area contributed by atoms with Crippen LogP contribution in [0.3, 0.4) is 0 Å². The van der Waals surface area contributed by atoms with Gasteiger partial charge in [0.05, 0.1) is 11.0 Å². The van der Waals surface area contributed by atoms with Crippen molar-refractivity contribution in [2.45, 2.75) is 70.8 Å². The Balaban J connectivity index is 1.13. The van der Waals surface area contributed by atoms with Crippen LogP contribution < -0.4 is 10.6 Å². The highest BCUT2D eigenvalue weighted by molar-refractivity contribution is 5.96. The second-order valence-corrected chi connectivity index (χ2v) is 11.3. The summed E-state index contributed by atoms with van der Waals surface area (Å²) in [5.74, 6) is 2.89. The van der Waals surface area contributed by atoms with Gasteiger partial charge >= 0.3 is 0 Å². The van der Waals surface area contributed by atoms with Gasteiger partial charge in [-0.2, -0.15) is 0 Å². The summed E-state index contributed by atoms with van der Waals surface area (Å²) >= 11 is 0. The molecule has 36 heavy (non-hydrogen) atoms. The monoisotopic (exact) mass is 484 g/mol. The molecule has 6 nitrogen and oxygen atoms in total. The van der Waals surface area contributed by atoms with E-state index in [0.717, 1.165) is 46.9 Å². The fourth-order valence-electron chi connectivity index (χ4n) is 6.72. The minimum atomic E-state index is -0.00326. The van der Waals surface area contributed by atoms with Crippen LogP contribution in [0.4, 0.5) is 5.69 Å². The molecule has 4 aliphatic carbocycles. The highest BCUT2D eigenvalue weighted by atomic mass is 16.2. The van der Waals surface area contributed by atoms with Gasteiger partial charge in [0.25, 0.3) is 5.91 Å². The number of carbonyl (C=O) groups excluding carboxylic acids is 2. The van der Waals surface area contributed by atoms with Gasteiger partial charge in [-0.25, -0.2) is 4.98 Å². The van der Waals surface area contributed by atoms with Crippen LogP contribution in [0.25, 0.3) is 22.4 Å². The van der Waals surface area contributed by atoms with Crippen LogP contribution in [0.5, 0.6) is 0 Å². The van der Waals surface area contributed by atoms with E-state index < -0.39 is 0 Å². The third-order valence-corrected chi connectivity index (χ3v) is 8.98. The number of imidazole rings is 1. The van der Waals surface area contributed by atoms with Crippen molar-refractivity contribution in [1.29, 1.82) is 0 Å². The number of rotatable bonds is 5. The summed E-state index contributed by atoms with van der Waals surface area (Å²) in [5, 5.41) is 6.39. The van der Waals surface area contributed by atoms with Gasteiger partial charge in [-0.05, 0) is 80.2 Å². The van der Waals surface area contributed by atoms with E-state index in [-0.39, 0.29) is 23.8 Å². The first-order valence-corrected chi connectivity index (χ1v) is 13.8. The SMILES string of the molecule is CC1CCCCC1NC(=O)c1ccc(-c2nc3ccc(NC(=O)C4CC5CCC4CC5)cc3[nH]2)cc1. The quantitative estimate of drug-likeness (QED) is 0.397. The first-order chi connectivity index (χ1) is 17.5. The first kappa shape index (κ1) is 23.3. The number of nitrogens with zero attached hydrogens (tertiary/aromatic N) is 1. The standard InChI is InChI=1S/C30H36N4O2/c1-18-4-2-3-5-25(18)34-29(35)22-12-10-21(11-13-22)28-32-26-15-14-23(17-27(26)33-28)31-30(36)24-16-19-6-8-20(24)9-7-19/h10-15,17-20,24-25H,2-9,16H2,1H3,(H,31,36)(H,32,33)(H,34,35). The molecule has 0 spiro atoms. The van der Waals surface area contributed by atoms with Crippen molar-refractivity contribution in [3.8, 4) is 11.4 Å². The molecule has 2 aromatic carbocycles. The lowest BCUT2D eigenvalue weighted by Gasteiger charge is -2.41. The maximum atomic E-state index is 13.0. The van der Waals surface area contributed by atoms with Crippen LogP contribution in [-0.4, -0.2) is 27.8 Å². The van der Waals surface area contributed by atoms with E-state index >= 15 is 0 Å². The average Bonchev–Trinajstić information content (AvgIpc) is 3.34. The molecule has 2 amide bonds. The molecule has 4 saturated carbocycles. The molecule has 1 heterocycles. The van der Waals surface area contributed by atoms with Crippen LogP contribution in [0.15, 0.2) is 42.5 Å². The van der Waals surface area contributed by atoms with Crippen LogP contribution in [0, 0.1) is 23.7 Å². The van der Waals surface area contributed by atoms with Crippen LogP contribution in [-0.2, 0) is 4.79 Å². The van der Waals surface area contributed by atoms with Gasteiger partial charge in [-0.15, -0.1) is 0 Å². The minimum Gasteiger partial charge on any atom is -0.349 e. The third-order valence-electron chi connectivity index (χ3n) is 8.98. The third kappa shape index (κ3) is 4.65. The molecule has 0 aliphatic heterocycles. The zero-order valence-corrected chi connectivity index (χ0v) is 21.1. The maximum absolute atomic E-state index is 13.0. The van der Waals surface area contributed by atoms with E-state index in [1.54, 1.807) is 0 Å². The summed E-state index contributed by atoms with van der Waals surface area (Å²) in [5.41, 5.74) is 4.16. The highest BCUT2D eigenvalue weighted by Crippen LogP contribution is 2.45. The molecule has 4 fully saturated rings. The lowest BCUT2D eigenvalue weighted by molar-refractivity contribution is -0.124. The Hall–Kier alpha value is -3.15. The summed E-state index contributed by atoms with van der Waals surface area (Å²) in [4.78, 5) is 33.9. The summed E-state index contributed by atoms with van der Waals surface area (Å²) in [7, 11) is 0. The predicted molar refractivity (Wildman–Crippen MR) is 143 cm³/mol. The second kappa shape index (κ2) is 9.72. The molecule has 6 heteroatoms. The average molecular weight is 485 g/mol. The van der Waals surface area contributed by atoms with Crippen LogP contribution in [0.1, 0.15) is 75.1 Å². The Morgan fingerprint density at radius 3 is 2.44 bits per heavy atom. The van der Waals surface area contributed by atoms with E-state index in [2.05, 4.69) is 22.5 Å². The van der Waals surface area contributed by atoms with Gasteiger partial charge in [0, 0.05) is 28.8 Å². The summed E-state index contributed by atoms with van der Waals surface area (Å²) in [6.45, 7) is 2.23. The molecule has 0 radical (unpaired) electrons. The van der Waals surface area contributed by atoms with Gasteiger partial charge in [0.1, 0.15) is 5.82 Å². The molecule has 7 rings (SSSR count). The number of anilines is 1. The second-order valence-electron chi connectivity index (χ2n) is 11.3. The van der Waals surface area contributed by atoms with Crippen LogP contribution >= 0.6 is 0 Å². The molecule has 3 N–H and O–H groups in total. The van der Waals surface area contributed by atoms with Crippen molar-refractivity contribution in [3.05, 3.63) is 48.0 Å². The van der Waals surface area contributed by atoms with E-state index in [1.807, 2.05) is 42.5 Å². The molecule has 4 aliphatic rings. The predicted octanol–water partition coefficient (Wildman–Crippen LogP) is 6.30. The lowest BCUT2D eigenvalue weighted by atomic mass is 9.64. The zero-order chi connectivity index (χ0) is 24.6. The zero-order valence-electron chi connectivity index (χ0n) is 21.1. The van der Waals surface area contributed by atoms with Gasteiger partial charge < -0.3 is 15.6 Å². The normalized spacial score (nSPS) is 27.6. The van der Waals surface area contributed by atoms with Crippen molar-refractivity contribution >= 4 is 28.5 Å². The number of hydrogen-bond acceptors (Lipinski definition) is 3. The number of benzene rings is 2. The van der Waals surface area contributed by atoms with E-state index in [4.69, 9.17) is 4.98 Å². The van der Waals surface area contributed by atoms with Gasteiger partial charge in [-0.1, -0.05) is 44.7 Å². The number of hydrogen-bond donors (Lipinski definition) is 3. The van der Waals surface area contributed by atoms with E-state index in [9.17, 15) is 9.59 Å². The highest BCUT2D eigenvalue weighted by Gasteiger charge is 2.39. The molecule has 3 aromatic rings. The molecule has 1 aromatic heterocycles. The number of fused-ring (bicyclic) bond motifs is 4. The van der Waals surface area contributed by atoms with Gasteiger partial charge in [0.2, 0.25) is 5.91 Å². The molecular formula is C30H36N4O2.